The Morgan fingerprint density at radius 2 is 1.67 bits per heavy atom. The minimum Gasteiger partial charge on any atom is -0.444 e. The first-order valence-corrected chi connectivity index (χ1v) is 8.97. The summed E-state index contributed by atoms with van der Waals surface area (Å²) >= 11 is 5.95. The number of nitrogens with zero attached hydrogens (tertiary/aromatic N) is 1. The van der Waals surface area contributed by atoms with Crippen molar-refractivity contribution in [3.05, 3.63) is 94.8 Å². The average Bonchev–Trinajstić information content (AvgIpc) is 2.73. The molecule has 0 aliphatic carbocycles. The minimum atomic E-state index is -4.61. The van der Waals surface area contributed by atoms with Crippen LogP contribution in [0.15, 0.2) is 73.1 Å². The van der Waals surface area contributed by atoms with Crippen LogP contribution < -0.4 is 5.32 Å². The lowest BCUT2D eigenvalue weighted by Gasteiger charge is -2.19. The van der Waals surface area contributed by atoms with Crippen molar-refractivity contribution in [2.45, 2.75) is 12.3 Å². The van der Waals surface area contributed by atoms with Crippen LogP contribution >= 0.6 is 11.6 Å². The summed E-state index contributed by atoms with van der Waals surface area (Å²) in [6, 6.07) is 13.4. The van der Waals surface area contributed by atoms with E-state index < -0.39 is 29.7 Å². The molecule has 0 aliphatic heterocycles. The van der Waals surface area contributed by atoms with Crippen molar-refractivity contribution in [1.82, 2.24) is 4.98 Å². The molecule has 1 N–H and O–H groups in total. The van der Waals surface area contributed by atoms with Gasteiger partial charge in [0.15, 0.2) is 0 Å². The second-order valence-corrected chi connectivity index (χ2v) is 6.52. The Labute approximate surface area is 174 Å². The van der Waals surface area contributed by atoms with E-state index in [1.165, 1.54) is 24.5 Å². The number of esters is 1. The van der Waals surface area contributed by atoms with E-state index in [1.807, 2.05) is 0 Å². The number of ether oxygens (including phenoxy) is 1. The molecule has 0 radical (unpaired) electrons. The Balaban J connectivity index is 1.89. The lowest BCUT2D eigenvalue weighted by Crippen LogP contribution is -2.26. The molecule has 0 saturated heterocycles. The van der Waals surface area contributed by atoms with Crippen LogP contribution in [0, 0.1) is 0 Å². The molecule has 0 saturated carbocycles. The van der Waals surface area contributed by atoms with Crippen molar-refractivity contribution in [1.29, 1.82) is 0 Å². The molecule has 9 heteroatoms. The lowest BCUT2D eigenvalue weighted by atomic mass is 10.1. The van der Waals surface area contributed by atoms with E-state index in [1.54, 1.807) is 30.3 Å². The summed E-state index contributed by atoms with van der Waals surface area (Å²) in [5.41, 5.74) is -0.735. The molecular formula is C21H14ClF3N2O3. The molecule has 5 nitrogen and oxygen atoms in total. The molecule has 0 spiro atoms. The van der Waals surface area contributed by atoms with E-state index in [2.05, 4.69) is 10.3 Å². The number of alkyl halides is 3. The summed E-state index contributed by atoms with van der Waals surface area (Å²) in [6.45, 7) is 0. The zero-order valence-electron chi connectivity index (χ0n) is 15.2. The number of pyridine rings is 1. The van der Waals surface area contributed by atoms with Crippen molar-refractivity contribution in [2.24, 2.45) is 0 Å². The average molecular weight is 435 g/mol. The summed E-state index contributed by atoms with van der Waals surface area (Å²) in [7, 11) is 0. The lowest BCUT2D eigenvalue weighted by molar-refractivity contribution is -0.137. The molecule has 154 valence electrons. The molecule has 30 heavy (non-hydrogen) atoms. The quantitative estimate of drug-likeness (QED) is 0.554. The van der Waals surface area contributed by atoms with Gasteiger partial charge in [0.1, 0.15) is 0 Å². The fraction of sp³-hybridized carbons (Fsp3) is 0.0952. The van der Waals surface area contributed by atoms with Crippen LogP contribution in [0.2, 0.25) is 5.02 Å². The van der Waals surface area contributed by atoms with E-state index in [0.717, 1.165) is 12.1 Å². The predicted octanol–water partition coefficient (Wildman–Crippen LogP) is 5.29. The van der Waals surface area contributed by atoms with Crippen molar-refractivity contribution >= 4 is 29.2 Å². The number of rotatable bonds is 5. The fourth-order valence-electron chi connectivity index (χ4n) is 2.56. The van der Waals surface area contributed by atoms with Crippen LogP contribution in [-0.4, -0.2) is 16.9 Å². The molecule has 0 aliphatic rings. The first-order valence-electron chi connectivity index (χ1n) is 8.59. The van der Waals surface area contributed by atoms with Crippen molar-refractivity contribution in [3.8, 4) is 0 Å². The van der Waals surface area contributed by atoms with Crippen LogP contribution in [0.3, 0.4) is 0 Å². The Morgan fingerprint density at radius 1 is 1.00 bits per heavy atom. The number of amides is 1. The second kappa shape index (κ2) is 8.96. The van der Waals surface area contributed by atoms with Gasteiger partial charge in [-0.15, -0.1) is 0 Å². The molecule has 0 bridgehead atoms. The Kier molecular flexibility index (Phi) is 6.37. The topological polar surface area (TPSA) is 68.3 Å². The zero-order valence-corrected chi connectivity index (χ0v) is 15.9. The summed E-state index contributed by atoms with van der Waals surface area (Å²) in [4.78, 5) is 29.1. The first-order chi connectivity index (χ1) is 14.3. The predicted molar refractivity (Wildman–Crippen MR) is 104 cm³/mol. The molecule has 1 aromatic heterocycles. The Hall–Kier alpha value is -3.39. The third kappa shape index (κ3) is 5.15. The number of aromatic nitrogens is 1. The molecule has 3 aromatic rings. The maximum atomic E-state index is 13.0. The summed E-state index contributed by atoms with van der Waals surface area (Å²) < 4.78 is 44.3. The van der Waals surface area contributed by atoms with Gasteiger partial charge in [-0.3, -0.25) is 9.78 Å². The van der Waals surface area contributed by atoms with Gasteiger partial charge < -0.3 is 10.1 Å². The number of nitrogens with one attached hydrogen (secondary N) is 1. The van der Waals surface area contributed by atoms with E-state index in [0.29, 0.717) is 11.6 Å². The fourth-order valence-corrected chi connectivity index (χ4v) is 2.72. The molecule has 0 fully saturated rings. The highest BCUT2D eigenvalue weighted by Gasteiger charge is 2.32. The third-order valence-corrected chi connectivity index (χ3v) is 4.36. The summed E-state index contributed by atoms with van der Waals surface area (Å²) in [6.07, 6.45) is -3.26. The molecule has 1 heterocycles. The van der Waals surface area contributed by atoms with Crippen LogP contribution in [0.25, 0.3) is 0 Å². The van der Waals surface area contributed by atoms with Gasteiger partial charge in [0.25, 0.3) is 5.91 Å². The Morgan fingerprint density at radius 3 is 2.30 bits per heavy atom. The zero-order chi connectivity index (χ0) is 21.7. The van der Waals surface area contributed by atoms with Crippen LogP contribution in [0.4, 0.5) is 18.9 Å². The van der Waals surface area contributed by atoms with Crippen molar-refractivity contribution in [3.63, 3.8) is 0 Å². The largest absolute Gasteiger partial charge is 0.444 e. The highest BCUT2D eigenvalue weighted by atomic mass is 35.5. The monoisotopic (exact) mass is 434 g/mol. The number of hydrogen-bond donors (Lipinski definition) is 1. The molecular weight excluding hydrogens is 421 g/mol. The highest BCUT2D eigenvalue weighted by Crippen LogP contribution is 2.34. The molecule has 3 rings (SSSR count). The van der Waals surface area contributed by atoms with Gasteiger partial charge >= 0.3 is 12.1 Å². The minimum absolute atomic E-state index is 0.0939. The number of halogens is 4. The van der Waals surface area contributed by atoms with Gasteiger partial charge in [-0.2, -0.15) is 13.2 Å². The second-order valence-electron chi connectivity index (χ2n) is 6.11. The van der Waals surface area contributed by atoms with Crippen molar-refractivity contribution in [2.75, 3.05) is 5.32 Å². The summed E-state index contributed by atoms with van der Waals surface area (Å²) in [5.74, 6) is -1.65. The smallest absolute Gasteiger partial charge is 0.416 e. The van der Waals surface area contributed by atoms with E-state index >= 15 is 0 Å². The number of benzene rings is 2. The van der Waals surface area contributed by atoms with Gasteiger partial charge in [-0.25, -0.2) is 4.79 Å². The van der Waals surface area contributed by atoms with Gasteiger partial charge in [0.05, 0.1) is 21.8 Å². The molecule has 1 atom stereocenters. The third-order valence-electron chi connectivity index (χ3n) is 4.03. The SMILES string of the molecule is O=C(O[C@@H](C(=O)Nc1cc(C(F)(F)F)ccc1Cl)c1ccccc1)c1ccncc1. The van der Waals surface area contributed by atoms with E-state index in [-0.39, 0.29) is 16.3 Å². The summed E-state index contributed by atoms with van der Waals surface area (Å²) in [5, 5.41) is 2.22. The van der Waals surface area contributed by atoms with E-state index in [9.17, 15) is 22.8 Å². The molecule has 0 unspecified atom stereocenters. The van der Waals surface area contributed by atoms with Crippen LogP contribution in [0.5, 0.6) is 0 Å². The first kappa shape index (κ1) is 21.3. The van der Waals surface area contributed by atoms with Crippen molar-refractivity contribution < 1.29 is 27.5 Å². The van der Waals surface area contributed by atoms with Gasteiger partial charge in [0.2, 0.25) is 6.10 Å². The van der Waals surface area contributed by atoms with Crippen LogP contribution in [-0.2, 0) is 15.7 Å². The van der Waals surface area contributed by atoms with Gasteiger partial charge in [-0.1, -0.05) is 41.9 Å². The van der Waals surface area contributed by atoms with Crippen LogP contribution in [0.1, 0.15) is 27.6 Å². The Bertz CT molecular complexity index is 1040. The number of anilines is 1. The maximum absolute atomic E-state index is 13.0. The molecule has 2 aromatic carbocycles. The highest BCUT2D eigenvalue weighted by molar-refractivity contribution is 6.33. The van der Waals surface area contributed by atoms with E-state index in [4.69, 9.17) is 16.3 Å². The van der Waals surface area contributed by atoms with Gasteiger partial charge in [-0.05, 0) is 30.3 Å². The standard InChI is InChI=1S/C21H14ClF3N2O3/c22-16-7-6-15(21(23,24)25)12-17(16)27-19(28)18(13-4-2-1-3-5-13)30-20(29)14-8-10-26-11-9-14/h1-12,18H,(H,27,28)/t18-/m1/s1. The normalized spacial score (nSPS) is 12.1. The number of carbonyl (C=O) groups excluding carboxylic acids is 2. The number of hydrogen-bond acceptors (Lipinski definition) is 4. The number of carbonyl (C=O) groups is 2. The molecule has 1 amide bonds. The van der Waals surface area contributed by atoms with Gasteiger partial charge in [0, 0.05) is 18.0 Å². The maximum Gasteiger partial charge on any atom is 0.416 e.